The molecule has 1 rings (SSSR count). The van der Waals surface area contributed by atoms with E-state index >= 15 is 0 Å². The molecule has 0 aliphatic heterocycles. The quantitative estimate of drug-likeness (QED) is 0.283. The van der Waals surface area contributed by atoms with Gasteiger partial charge in [-0.2, -0.15) is 5.10 Å². The molecule has 0 unspecified atom stereocenters. The first-order chi connectivity index (χ1) is 5.43. The van der Waals surface area contributed by atoms with Gasteiger partial charge < -0.3 is 5.43 Å². The second-order valence-electron chi connectivity index (χ2n) is 2.97. The summed E-state index contributed by atoms with van der Waals surface area (Å²) in [4.78, 5) is 0. The highest BCUT2D eigenvalue weighted by Gasteiger charge is 2.11. The zero-order valence-electron chi connectivity index (χ0n) is 6.92. The van der Waals surface area contributed by atoms with Crippen LogP contribution in [-0.4, -0.2) is 12.8 Å². The predicted molar refractivity (Wildman–Crippen MR) is 48.6 cm³/mol. The van der Waals surface area contributed by atoms with Crippen molar-refractivity contribution in [3.63, 3.8) is 0 Å². The van der Waals surface area contributed by atoms with Crippen molar-refractivity contribution in [3.05, 3.63) is 12.7 Å². The van der Waals surface area contributed by atoms with Crippen molar-refractivity contribution >= 4 is 6.21 Å². The first-order valence-corrected chi connectivity index (χ1v) is 4.30. The fraction of sp³-hybridized carbons (Fsp3) is 0.667. The summed E-state index contributed by atoms with van der Waals surface area (Å²) in [5, 5.41) is 4.10. The van der Waals surface area contributed by atoms with Crippen molar-refractivity contribution in [2.24, 2.45) is 11.0 Å². The minimum atomic E-state index is 0.729. The lowest BCUT2D eigenvalue weighted by Crippen LogP contribution is -2.06. The summed E-state index contributed by atoms with van der Waals surface area (Å²) >= 11 is 0. The molecule has 1 saturated carbocycles. The summed E-state index contributed by atoms with van der Waals surface area (Å²) in [5.41, 5.74) is 2.91. The summed E-state index contributed by atoms with van der Waals surface area (Å²) in [6, 6.07) is 0. The Morgan fingerprint density at radius 2 is 2.18 bits per heavy atom. The van der Waals surface area contributed by atoms with Crippen LogP contribution in [0.5, 0.6) is 0 Å². The van der Waals surface area contributed by atoms with E-state index in [1.54, 1.807) is 0 Å². The van der Waals surface area contributed by atoms with Crippen molar-refractivity contribution in [1.82, 2.24) is 5.43 Å². The van der Waals surface area contributed by atoms with Crippen LogP contribution in [-0.2, 0) is 0 Å². The lowest BCUT2D eigenvalue weighted by atomic mass is 10.1. The topological polar surface area (TPSA) is 24.4 Å². The van der Waals surface area contributed by atoms with Gasteiger partial charge in [0.15, 0.2) is 0 Å². The van der Waals surface area contributed by atoms with Crippen LogP contribution in [0.15, 0.2) is 17.8 Å². The smallest absolute Gasteiger partial charge is 0.0507 e. The van der Waals surface area contributed by atoms with E-state index in [1.807, 2.05) is 12.3 Å². The monoisotopic (exact) mass is 152 g/mol. The van der Waals surface area contributed by atoms with Gasteiger partial charge in [0.25, 0.3) is 0 Å². The van der Waals surface area contributed by atoms with Gasteiger partial charge in [-0.15, -0.1) is 6.58 Å². The molecule has 1 N–H and O–H groups in total. The molecule has 2 heteroatoms. The Balaban J connectivity index is 2.07. The van der Waals surface area contributed by atoms with Crippen LogP contribution in [0.2, 0.25) is 0 Å². The number of rotatable bonds is 4. The Labute approximate surface area is 68.4 Å². The molecule has 0 aromatic heterocycles. The molecule has 0 aromatic carbocycles. The summed E-state index contributed by atoms with van der Waals surface area (Å²) in [6.45, 7) is 4.36. The molecule has 0 heterocycles. The van der Waals surface area contributed by atoms with Gasteiger partial charge in [0.05, 0.1) is 6.54 Å². The molecular formula is C9H16N2. The Bertz CT molecular complexity index is 134. The molecule has 1 aliphatic rings. The number of hydrogen-bond donors (Lipinski definition) is 1. The number of nitrogens with one attached hydrogen (secondary N) is 1. The molecule has 0 aromatic rings. The van der Waals surface area contributed by atoms with Gasteiger partial charge in [-0.1, -0.05) is 18.9 Å². The molecule has 0 amide bonds. The van der Waals surface area contributed by atoms with Crippen molar-refractivity contribution in [1.29, 1.82) is 0 Å². The standard InChI is InChI=1S/C9H16N2/c1-2-7-10-11-8-9-5-3-4-6-9/h2,8-10H,1,3-7H2/b11-8+. The minimum absolute atomic E-state index is 0.729. The van der Waals surface area contributed by atoms with Gasteiger partial charge in [-0.05, 0) is 18.8 Å². The fourth-order valence-corrected chi connectivity index (χ4v) is 1.38. The zero-order valence-corrected chi connectivity index (χ0v) is 6.92. The van der Waals surface area contributed by atoms with E-state index in [2.05, 4.69) is 17.1 Å². The highest BCUT2D eigenvalue weighted by Crippen LogP contribution is 2.22. The average molecular weight is 152 g/mol. The first kappa shape index (κ1) is 8.31. The molecule has 0 saturated heterocycles. The van der Waals surface area contributed by atoms with Crippen LogP contribution >= 0.6 is 0 Å². The fourth-order valence-electron chi connectivity index (χ4n) is 1.38. The van der Waals surface area contributed by atoms with E-state index in [9.17, 15) is 0 Å². The van der Waals surface area contributed by atoms with Crippen LogP contribution in [0.1, 0.15) is 25.7 Å². The Morgan fingerprint density at radius 1 is 1.45 bits per heavy atom. The summed E-state index contributed by atoms with van der Waals surface area (Å²) < 4.78 is 0. The van der Waals surface area contributed by atoms with Crippen LogP contribution in [0.4, 0.5) is 0 Å². The molecule has 0 spiro atoms. The number of hydrazone groups is 1. The maximum atomic E-state index is 4.10. The molecule has 1 aliphatic carbocycles. The highest BCUT2D eigenvalue weighted by molar-refractivity contribution is 5.60. The normalized spacial score (nSPS) is 19.3. The number of nitrogens with zero attached hydrogens (tertiary/aromatic N) is 1. The molecule has 0 bridgehead atoms. The summed E-state index contributed by atoms with van der Waals surface area (Å²) in [5.74, 6) is 0.729. The Hall–Kier alpha value is -0.790. The van der Waals surface area contributed by atoms with E-state index in [1.165, 1.54) is 25.7 Å². The van der Waals surface area contributed by atoms with Crippen molar-refractivity contribution in [2.75, 3.05) is 6.54 Å². The largest absolute Gasteiger partial charge is 0.307 e. The van der Waals surface area contributed by atoms with Gasteiger partial charge in [0.2, 0.25) is 0 Å². The summed E-state index contributed by atoms with van der Waals surface area (Å²) in [7, 11) is 0. The van der Waals surface area contributed by atoms with E-state index in [0.717, 1.165) is 12.5 Å². The van der Waals surface area contributed by atoms with Crippen LogP contribution in [0.3, 0.4) is 0 Å². The molecule has 1 fully saturated rings. The highest BCUT2D eigenvalue weighted by atomic mass is 15.3. The van der Waals surface area contributed by atoms with E-state index in [4.69, 9.17) is 0 Å². The van der Waals surface area contributed by atoms with Gasteiger partial charge in [-0.25, -0.2) is 0 Å². The maximum absolute atomic E-state index is 4.10. The maximum Gasteiger partial charge on any atom is 0.0507 e. The molecule has 11 heavy (non-hydrogen) atoms. The minimum Gasteiger partial charge on any atom is -0.307 e. The summed E-state index contributed by atoms with van der Waals surface area (Å²) in [6.07, 6.45) is 9.23. The van der Waals surface area contributed by atoms with Gasteiger partial charge in [0, 0.05) is 6.21 Å². The van der Waals surface area contributed by atoms with Gasteiger partial charge >= 0.3 is 0 Å². The van der Waals surface area contributed by atoms with E-state index < -0.39 is 0 Å². The average Bonchev–Trinajstić information content (AvgIpc) is 2.50. The first-order valence-electron chi connectivity index (χ1n) is 4.30. The SMILES string of the molecule is C=CCN/N=C/C1CCCC1. The second-order valence-corrected chi connectivity index (χ2v) is 2.97. The van der Waals surface area contributed by atoms with Crippen molar-refractivity contribution in [2.45, 2.75) is 25.7 Å². The van der Waals surface area contributed by atoms with Crippen molar-refractivity contribution in [3.8, 4) is 0 Å². The van der Waals surface area contributed by atoms with Crippen LogP contribution < -0.4 is 5.43 Å². The van der Waals surface area contributed by atoms with Gasteiger partial charge in [-0.3, -0.25) is 0 Å². The molecular weight excluding hydrogens is 136 g/mol. The third kappa shape index (κ3) is 3.21. The Morgan fingerprint density at radius 3 is 2.82 bits per heavy atom. The molecule has 62 valence electrons. The van der Waals surface area contributed by atoms with Crippen LogP contribution in [0, 0.1) is 5.92 Å². The Kier molecular flexibility index (Phi) is 3.73. The van der Waals surface area contributed by atoms with E-state index in [0.29, 0.717) is 0 Å². The van der Waals surface area contributed by atoms with Crippen molar-refractivity contribution < 1.29 is 0 Å². The van der Waals surface area contributed by atoms with Gasteiger partial charge in [0.1, 0.15) is 0 Å². The lowest BCUT2D eigenvalue weighted by molar-refractivity contribution is 0.724. The second kappa shape index (κ2) is 4.94. The third-order valence-electron chi connectivity index (χ3n) is 2.01. The number of hydrogen-bond acceptors (Lipinski definition) is 2. The third-order valence-corrected chi connectivity index (χ3v) is 2.01. The molecule has 0 radical (unpaired) electrons. The van der Waals surface area contributed by atoms with E-state index in [-0.39, 0.29) is 0 Å². The zero-order chi connectivity index (χ0) is 7.94. The molecule has 2 nitrogen and oxygen atoms in total. The van der Waals surface area contributed by atoms with Crippen LogP contribution in [0.25, 0.3) is 0 Å². The molecule has 0 atom stereocenters. The predicted octanol–water partition coefficient (Wildman–Crippen LogP) is 1.94. The lowest BCUT2D eigenvalue weighted by Gasteiger charge is -1.98.